The Bertz CT molecular complexity index is 421. The fourth-order valence-corrected chi connectivity index (χ4v) is 2.01. The second kappa shape index (κ2) is 16.2. The molecule has 0 aliphatic heterocycles. The van der Waals surface area contributed by atoms with E-state index in [-0.39, 0.29) is 6.42 Å². The molecule has 0 aliphatic rings. The first-order valence-electron chi connectivity index (χ1n) is 8.79. The molecular formula is C20H32O4. The molecule has 2 unspecified atom stereocenters. The van der Waals surface area contributed by atoms with Gasteiger partial charge in [0.05, 0.1) is 18.6 Å². The fourth-order valence-electron chi connectivity index (χ4n) is 2.01. The van der Waals surface area contributed by atoms with Gasteiger partial charge in [0.15, 0.2) is 0 Å². The number of carbonyl (C=O) groups is 1. The number of allylic oxidation sites excluding steroid dienone is 7. The smallest absolute Gasteiger partial charge is 0.306 e. The van der Waals surface area contributed by atoms with E-state index in [0.717, 1.165) is 12.8 Å². The van der Waals surface area contributed by atoms with Crippen molar-refractivity contribution in [3.63, 3.8) is 0 Å². The molecule has 4 heteroatoms. The molecule has 24 heavy (non-hydrogen) atoms. The van der Waals surface area contributed by atoms with Crippen LogP contribution < -0.4 is 0 Å². The van der Waals surface area contributed by atoms with Crippen molar-refractivity contribution in [3.05, 3.63) is 48.6 Å². The Kier molecular flexibility index (Phi) is 15.1. The van der Waals surface area contributed by atoms with Gasteiger partial charge >= 0.3 is 5.97 Å². The van der Waals surface area contributed by atoms with Crippen LogP contribution in [0.1, 0.15) is 58.3 Å². The molecule has 0 aromatic heterocycles. The van der Waals surface area contributed by atoms with Crippen LogP contribution in [0.15, 0.2) is 48.6 Å². The van der Waals surface area contributed by atoms with Crippen molar-refractivity contribution in [1.82, 2.24) is 0 Å². The second-order valence-corrected chi connectivity index (χ2v) is 5.75. The number of unbranched alkanes of at least 4 members (excludes halogenated alkanes) is 4. The molecule has 0 amide bonds. The number of hydrogen-bond acceptors (Lipinski definition) is 3. The average molecular weight is 336 g/mol. The maximum Gasteiger partial charge on any atom is 0.306 e. The lowest BCUT2D eigenvalue weighted by molar-refractivity contribution is -0.141. The zero-order chi connectivity index (χ0) is 18.0. The lowest BCUT2D eigenvalue weighted by atomic mass is 10.1. The second-order valence-electron chi connectivity index (χ2n) is 5.75. The predicted octanol–water partition coefficient (Wildman–Crippen LogP) is 4.16. The molecule has 0 saturated carbocycles. The molecule has 3 N–H and O–H groups in total. The molecule has 0 radical (unpaired) electrons. The van der Waals surface area contributed by atoms with Crippen LogP contribution in [0.5, 0.6) is 0 Å². The zero-order valence-electron chi connectivity index (χ0n) is 14.7. The molecule has 0 saturated heterocycles. The Hall–Kier alpha value is -1.65. The van der Waals surface area contributed by atoms with Gasteiger partial charge in [0, 0.05) is 0 Å². The molecule has 0 rings (SSSR count). The van der Waals surface area contributed by atoms with Crippen LogP contribution in [0.2, 0.25) is 0 Å². The van der Waals surface area contributed by atoms with E-state index in [1.165, 1.54) is 25.7 Å². The van der Waals surface area contributed by atoms with Crippen LogP contribution in [0.25, 0.3) is 0 Å². The molecule has 0 bridgehead atoms. The van der Waals surface area contributed by atoms with Crippen molar-refractivity contribution in [2.24, 2.45) is 0 Å². The first kappa shape index (κ1) is 22.4. The van der Waals surface area contributed by atoms with E-state index in [1.807, 2.05) is 18.2 Å². The maximum atomic E-state index is 10.4. The van der Waals surface area contributed by atoms with Gasteiger partial charge in [0.25, 0.3) is 0 Å². The van der Waals surface area contributed by atoms with Crippen molar-refractivity contribution in [2.75, 3.05) is 0 Å². The highest BCUT2D eigenvalue weighted by Gasteiger charge is 2.17. The summed E-state index contributed by atoms with van der Waals surface area (Å²) >= 11 is 0. The number of aliphatic carboxylic acids is 1. The highest BCUT2D eigenvalue weighted by Crippen LogP contribution is 2.04. The van der Waals surface area contributed by atoms with E-state index >= 15 is 0 Å². The van der Waals surface area contributed by atoms with Gasteiger partial charge in [-0.2, -0.15) is 0 Å². The Morgan fingerprint density at radius 1 is 0.833 bits per heavy atom. The number of rotatable bonds is 14. The number of aliphatic hydroxyl groups is 2. The highest BCUT2D eigenvalue weighted by atomic mass is 16.4. The third-order valence-electron chi connectivity index (χ3n) is 3.45. The highest BCUT2D eigenvalue weighted by molar-refractivity contribution is 5.67. The third-order valence-corrected chi connectivity index (χ3v) is 3.45. The van der Waals surface area contributed by atoms with Crippen LogP contribution in [0.4, 0.5) is 0 Å². The number of aliphatic hydroxyl groups excluding tert-OH is 2. The van der Waals surface area contributed by atoms with E-state index < -0.39 is 24.6 Å². The lowest BCUT2D eigenvalue weighted by Gasteiger charge is -2.13. The van der Waals surface area contributed by atoms with E-state index in [4.69, 9.17) is 5.11 Å². The lowest BCUT2D eigenvalue weighted by Crippen LogP contribution is -2.27. The van der Waals surface area contributed by atoms with Crippen LogP contribution in [-0.2, 0) is 4.79 Å². The summed E-state index contributed by atoms with van der Waals surface area (Å²) in [6.45, 7) is 2.21. The molecule has 0 fully saturated rings. The standard InChI is InChI=1S/C20H32O4/c1-2-3-4-5-6-7-8-9-10-11-12-13-14-15-16-18(21)19(22)17-20(23)24/h6-7,10-15,18-19,21-22H,2-5,8-9,16-17H2,1H3,(H,23,24)/b7-6-,11-10+,13-12+,15-14-. The Morgan fingerprint density at radius 2 is 1.46 bits per heavy atom. The first-order chi connectivity index (χ1) is 11.6. The summed E-state index contributed by atoms with van der Waals surface area (Å²) in [5.41, 5.74) is 0. The normalized spacial score (nSPS) is 15.1. The van der Waals surface area contributed by atoms with Crippen LogP contribution in [0, 0.1) is 0 Å². The van der Waals surface area contributed by atoms with E-state index in [0.29, 0.717) is 0 Å². The van der Waals surface area contributed by atoms with Crippen molar-refractivity contribution in [3.8, 4) is 0 Å². The van der Waals surface area contributed by atoms with Gasteiger partial charge in [-0.1, -0.05) is 68.4 Å². The zero-order valence-corrected chi connectivity index (χ0v) is 14.7. The van der Waals surface area contributed by atoms with Crippen molar-refractivity contribution in [1.29, 1.82) is 0 Å². The van der Waals surface area contributed by atoms with Crippen LogP contribution >= 0.6 is 0 Å². The minimum atomic E-state index is -1.23. The van der Waals surface area contributed by atoms with Crippen LogP contribution in [0.3, 0.4) is 0 Å². The summed E-state index contributed by atoms with van der Waals surface area (Å²) in [6.07, 6.45) is 20.4. The average Bonchev–Trinajstić information content (AvgIpc) is 2.54. The van der Waals surface area contributed by atoms with E-state index in [9.17, 15) is 15.0 Å². The Morgan fingerprint density at radius 3 is 2.12 bits per heavy atom. The maximum absolute atomic E-state index is 10.4. The van der Waals surface area contributed by atoms with Gasteiger partial charge in [0.2, 0.25) is 0 Å². The minimum Gasteiger partial charge on any atom is -0.481 e. The summed E-state index contributed by atoms with van der Waals surface area (Å²) in [7, 11) is 0. The van der Waals surface area contributed by atoms with Gasteiger partial charge in [-0.15, -0.1) is 0 Å². The minimum absolute atomic E-state index is 0.228. The third kappa shape index (κ3) is 15.3. The SMILES string of the molecule is CCCCC/C=C\CC/C=C/C=C/C=C\CC(O)C(O)CC(=O)O. The molecular weight excluding hydrogens is 304 g/mol. The number of carboxylic acids is 1. The summed E-state index contributed by atoms with van der Waals surface area (Å²) in [5.74, 6) is -1.12. The molecule has 0 heterocycles. The fraction of sp³-hybridized carbons (Fsp3) is 0.550. The van der Waals surface area contributed by atoms with Crippen molar-refractivity contribution >= 4 is 5.97 Å². The molecule has 0 aromatic carbocycles. The summed E-state index contributed by atoms with van der Waals surface area (Å²) in [6, 6.07) is 0. The van der Waals surface area contributed by atoms with Gasteiger partial charge in [-0.05, 0) is 32.1 Å². The number of carboxylic acid groups (broad SMARTS) is 1. The quantitative estimate of drug-likeness (QED) is 0.253. The largest absolute Gasteiger partial charge is 0.481 e. The molecule has 0 aliphatic carbocycles. The van der Waals surface area contributed by atoms with Gasteiger partial charge in [-0.25, -0.2) is 0 Å². The summed E-state index contributed by atoms with van der Waals surface area (Å²) < 4.78 is 0. The van der Waals surface area contributed by atoms with Gasteiger partial charge in [0.1, 0.15) is 0 Å². The van der Waals surface area contributed by atoms with Gasteiger partial charge in [-0.3, -0.25) is 4.79 Å². The topological polar surface area (TPSA) is 77.8 Å². The molecule has 4 nitrogen and oxygen atoms in total. The van der Waals surface area contributed by atoms with Crippen LogP contribution in [-0.4, -0.2) is 33.5 Å². The van der Waals surface area contributed by atoms with E-state index in [1.54, 1.807) is 12.2 Å². The van der Waals surface area contributed by atoms with Crippen molar-refractivity contribution in [2.45, 2.75) is 70.5 Å². The summed E-state index contributed by atoms with van der Waals surface area (Å²) in [5, 5.41) is 27.5. The number of hydrogen-bond donors (Lipinski definition) is 3. The van der Waals surface area contributed by atoms with E-state index in [2.05, 4.69) is 25.2 Å². The first-order valence-corrected chi connectivity index (χ1v) is 8.79. The molecule has 2 atom stereocenters. The molecule has 0 aromatic rings. The van der Waals surface area contributed by atoms with Crippen molar-refractivity contribution < 1.29 is 20.1 Å². The van der Waals surface area contributed by atoms with Gasteiger partial charge < -0.3 is 15.3 Å². The monoisotopic (exact) mass is 336 g/mol. The molecule has 0 spiro atoms. The predicted molar refractivity (Wildman–Crippen MR) is 98.8 cm³/mol. The summed E-state index contributed by atoms with van der Waals surface area (Å²) in [4.78, 5) is 10.4. The Labute approximate surface area is 145 Å². The molecule has 136 valence electrons. The Balaban J connectivity index is 3.71.